The highest BCUT2D eigenvalue weighted by Gasteiger charge is 2.15. The van der Waals surface area contributed by atoms with Crippen molar-refractivity contribution in [3.05, 3.63) is 39.9 Å². The van der Waals surface area contributed by atoms with E-state index >= 15 is 0 Å². The molecular weight excluding hydrogens is 274 g/mol. The summed E-state index contributed by atoms with van der Waals surface area (Å²) in [6.07, 6.45) is -0.445. The molecule has 0 bridgehead atoms. The Morgan fingerprint density at radius 3 is 2.38 bits per heavy atom. The number of nitrogens with zero attached hydrogens (tertiary/aromatic N) is 1. The first kappa shape index (κ1) is 16.9. The van der Waals surface area contributed by atoms with E-state index in [4.69, 9.17) is 4.74 Å². The van der Waals surface area contributed by atoms with E-state index in [-0.39, 0.29) is 5.69 Å². The summed E-state index contributed by atoms with van der Waals surface area (Å²) in [4.78, 5) is 21.5. The Morgan fingerprint density at radius 1 is 1.24 bits per heavy atom. The molecule has 1 aromatic carbocycles. The summed E-state index contributed by atoms with van der Waals surface area (Å²) in [5, 5.41) is 16.3. The van der Waals surface area contributed by atoms with E-state index in [1.54, 1.807) is 32.9 Å². The molecule has 21 heavy (non-hydrogen) atoms. The number of nitrogens with one attached hydrogen (secondary N) is 2. The number of benzene rings is 1. The van der Waals surface area contributed by atoms with Gasteiger partial charge in [-0.3, -0.25) is 10.1 Å². The number of nitro groups is 1. The number of nitro benzene ring substituents is 1. The van der Waals surface area contributed by atoms with Crippen LogP contribution in [0.4, 0.5) is 10.5 Å². The maximum atomic E-state index is 11.4. The SMILES string of the molecule is CC(C)(C)OC(=O)NCCNCc1ccc([N+](=O)[O-])cc1. The third-order valence-electron chi connectivity index (χ3n) is 2.45. The summed E-state index contributed by atoms with van der Waals surface area (Å²) in [5.74, 6) is 0. The highest BCUT2D eigenvalue weighted by molar-refractivity contribution is 5.67. The number of carbonyl (C=O) groups is 1. The van der Waals surface area contributed by atoms with Crippen LogP contribution >= 0.6 is 0 Å². The van der Waals surface area contributed by atoms with Crippen LogP contribution in [0.5, 0.6) is 0 Å². The summed E-state index contributed by atoms with van der Waals surface area (Å²) in [5.41, 5.74) is 0.513. The zero-order valence-electron chi connectivity index (χ0n) is 12.5. The summed E-state index contributed by atoms with van der Waals surface area (Å²) < 4.78 is 5.10. The minimum absolute atomic E-state index is 0.0744. The molecule has 1 amide bonds. The molecule has 1 aromatic rings. The molecule has 0 fully saturated rings. The van der Waals surface area contributed by atoms with Crippen LogP contribution in [-0.2, 0) is 11.3 Å². The highest BCUT2D eigenvalue weighted by Crippen LogP contribution is 2.11. The molecule has 0 spiro atoms. The van der Waals surface area contributed by atoms with Crippen LogP contribution in [0.15, 0.2) is 24.3 Å². The first-order valence-corrected chi connectivity index (χ1v) is 6.69. The molecule has 0 saturated carbocycles. The van der Waals surface area contributed by atoms with Gasteiger partial charge in [0.2, 0.25) is 0 Å². The zero-order valence-corrected chi connectivity index (χ0v) is 12.5. The van der Waals surface area contributed by atoms with Crippen molar-refractivity contribution < 1.29 is 14.5 Å². The third-order valence-corrected chi connectivity index (χ3v) is 2.45. The van der Waals surface area contributed by atoms with Gasteiger partial charge in [-0.05, 0) is 26.3 Å². The number of hydrogen-bond donors (Lipinski definition) is 2. The molecule has 0 radical (unpaired) electrons. The van der Waals surface area contributed by atoms with Crippen molar-refractivity contribution in [3.8, 4) is 0 Å². The zero-order chi connectivity index (χ0) is 15.9. The van der Waals surface area contributed by atoms with Crippen molar-refractivity contribution in [1.82, 2.24) is 10.6 Å². The van der Waals surface area contributed by atoms with Crippen molar-refractivity contribution in [2.24, 2.45) is 0 Å². The van der Waals surface area contributed by atoms with E-state index in [0.717, 1.165) is 5.56 Å². The molecule has 7 nitrogen and oxygen atoms in total. The molecule has 0 heterocycles. The van der Waals surface area contributed by atoms with Gasteiger partial charge in [-0.2, -0.15) is 0 Å². The Morgan fingerprint density at radius 2 is 1.86 bits per heavy atom. The fourth-order valence-corrected chi connectivity index (χ4v) is 1.54. The van der Waals surface area contributed by atoms with Crippen molar-refractivity contribution >= 4 is 11.8 Å². The number of ether oxygens (including phenoxy) is 1. The summed E-state index contributed by atoms with van der Waals surface area (Å²) in [7, 11) is 0. The minimum atomic E-state index is -0.504. The van der Waals surface area contributed by atoms with Crippen LogP contribution in [0.3, 0.4) is 0 Å². The van der Waals surface area contributed by atoms with Gasteiger partial charge in [-0.15, -0.1) is 0 Å². The molecule has 0 aliphatic rings. The van der Waals surface area contributed by atoms with E-state index in [9.17, 15) is 14.9 Å². The maximum Gasteiger partial charge on any atom is 0.407 e. The van der Waals surface area contributed by atoms with Crippen LogP contribution in [0.25, 0.3) is 0 Å². The number of carbonyl (C=O) groups excluding carboxylic acids is 1. The Balaban J connectivity index is 2.19. The lowest BCUT2D eigenvalue weighted by Crippen LogP contribution is -2.36. The number of hydrogen-bond acceptors (Lipinski definition) is 5. The molecule has 0 aliphatic heterocycles. The van der Waals surface area contributed by atoms with E-state index < -0.39 is 16.6 Å². The molecule has 0 aromatic heterocycles. The van der Waals surface area contributed by atoms with Crippen LogP contribution in [-0.4, -0.2) is 29.7 Å². The van der Waals surface area contributed by atoms with Gasteiger partial charge in [-0.25, -0.2) is 4.79 Å². The smallest absolute Gasteiger partial charge is 0.407 e. The first-order valence-electron chi connectivity index (χ1n) is 6.69. The molecule has 0 saturated heterocycles. The van der Waals surface area contributed by atoms with Crippen LogP contribution in [0.2, 0.25) is 0 Å². The van der Waals surface area contributed by atoms with Gasteiger partial charge >= 0.3 is 6.09 Å². The van der Waals surface area contributed by atoms with E-state index in [1.807, 2.05) is 0 Å². The lowest BCUT2D eigenvalue weighted by molar-refractivity contribution is -0.384. The van der Waals surface area contributed by atoms with Gasteiger partial charge in [0.1, 0.15) is 5.60 Å². The van der Waals surface area contributed by atoms with Gasteiger partial charge < -0.3 is 15.4 Å². The molecule has 2 N–H and O–H groups in total. The van der Waals surface area contributed by atoms with Crippen molar-refractivity contribution in [1.29, 1.82) is 0 Å². The predicted octanol–water partition coefficient (Wildman–Crippen LogP) is 2.21. The molecule has 116 valence electrons. The molecular formula is C14H21N3O4. The first-order chi connectivity index (χ1) is 9.78. The van der Waals surface area contributed by atoms with Crippen LogP contribution in [0.1, 0.15) is 26.3 Å². The predicted molar refractivity (Wildman–Crippen MR) is 79.0 cm³/mol. The standard InChI is InChI=1S/C14H21N3O4/c1-14(2,3)21-13(18)16-9-8-15-10-11-4-6-12(7-5-11)17(19)20/h4-7,15H,8-10H2,1-3H3,(H,16,18). The van der Waals surface area contributed by atoms with Gasteiger partial charge in [0, 0.05) is 31.8 Å². The lowest BCUT2D eigenvalue weighted by atomic mass is 10.2. The largest absolute Gasteiger partial charge is 0.444 e. The quantitative estimate of drug-likeness (QED) is 0.477. The van der Waals surface area contributed by atoms with Gasteiger partial charge in [0.25, 0.3) is 5.69 Å². The molecule has 1 rings (SSSR count). The van der Waals surface area contributed by atoms with E-state index in [1.165, 1.54) is 12.1 Å². The second-order valence-electron chi connectivity index (χ2n) is 5.53. The van der Waals surface area contributed by atoms with Crippen molar-refractivity contribution in [2.45, 2.75) is 32.9 Å². The molecule has 0 aliphatic carbocycles. The number of non-ortho nitro benzene ring substituents is 1. The number of amides is 1. The topological polar surface area (TPSA) is 93.5 Å². The Kier molecular flexibility index (Phi) is 6.10. The second kappa shape index (κ2) is 7.58. The normalized spacial score (nSPS) is 11.0. The average molecular weight is 295 g/mol. The van der Waals surface area contributed by atoms with Gasteiger partial charge in [0.15, 0.2) is 0 Å². The minimum Gasteiger partial charge on any atom is -0.444 e. The highest BCUT2D eigenvalue weighted by atomic mass is 16.6. The van der Waals surface area contributed by atoms with Gasteiger partial charge in [-0.1, -0.05) is 12.1 Å². The number of rotatable bonds is 6. The second-order valence-corrected chi connectivity index (χ2v) is 5.53. The Labute approximate surface area is 123 Å². The average Bonchev–Trinajstić information content (AvgIpc) is 2.36. The van der Waals surface area contributed by atoms with Gasteiger partial charge in [0.05, 0.1) is 4.92 Å². The monoisotopic (exact) mass is 295 g/mol. The summed E-state index contributed by atoms with van der Waals surface area (Å²) in [6, 6.07) is 6.34. The fourth-order valence-electron chi connectivity index (χ4n) is 1.54. The Bertz CT molecular complexity index is 480. The Hall–Kier alpha value is -2.15. The van der Waals surface area contributed by atoms with Crippen molar-refractivity contribution in [3.63, 3.8) is 0 Å². The molecule has 7 heteroatoms. The van der Waals surface area contributed by atoms with Crippen LogP contribution in [0, 0.1) is 10.1 Å². The lowest BCUT2D eigenvalue weighted by Gasteiger charge is -2.19. The van der Waals surface area contributed by atoms with Crippen molar-refractivity contribution in [2.75, 3.05) is 13.1 Å². The molecule has 0 atom stereocenters. The maximum absolute atomic E-state index is 11.4. The fraction of sp³-hybridized carbons (Fsp3) is 0.500. The summed E-state index contributed by atoms with van der Waals surface area (Å²) >= 11 is 0. The van der Waals surface area contributed by atoms with Crippen LogP contribution < -0.4 is 10.6 Å². The number of alkyl carbamates (subject to hydrolysis) is 1. The third kappa shape index (κ3) is 7.26. The van der Waals surface area contributed by atoms with E-state index in [2.05, 4.69) is 10.6 Å². The van der Waals surface area contributed by atoms with E-state index in [0.29, 0.717) is 19.6 Å². The summed E-state index contributed by atoms with van der Waals surface area (Å²) in [6.45, 7) is 7.02. The molecule has 0 unspecified atom stereocenters.